The molecule has 0 aliphatic heterocycles. The molecule has 8 nitrogen and oxygen atoms in total. The summed E-state index contributed by atoms with van der Waals surface area (Å²) in [7, 11) is 10.4. The van der Waals surface area contributed by atoms with Crippen LogP contribution in [-0.2, 0) is 86.7 Å². The van der Waals surface area contributed by atoms with Crippen molar-refractivity contribution < 1.29 is 86.7 Å². The van der Waals surface area contributed by atoms with E-state index >= 15 is 0 Å². The molecule has 6 rings (SSSR count). The van der Waals surface area contributed by atoms with Crippen molar-refractivity contribution in [3.05, 3.63) is 53.2 Å². The smallest absolute Gasteiger partial charge is 0 e. The van der Waals surface area contributed by atoms with E-state index in [0.29, 0.717) is 15.8 Å². The topological polar surface area (TPSA) is 159 Å². The van der Waals surface area contributed by atoms with Crippen LogP contribution in [0, 0.1) is 53.2 Å². The van der Waals surface area contributed by atoms with E-state index in [1.54, 1.807) is 154 Å². The van der Waals surface area contributed by atoms with Crippen molar-refractivity contribution in [3.63, 3.8) is 0 Å². The van der Waals surface area contributed by atoms with Gasteiger partial charge in [-0.05, 0) is 111 Å². The maximum absolute atomic E-state index is 7.50. The molecule has 0 saturated heterocycles. The summed E-state index contributed by atoms with van der Waals surface area (Å²) in [5.41, 5.74) is 7.14. The standard InChI is InChI=1S/2C18H33P.8CO.2ClH.2Co.Pd/c2*1-4-10-16(11-5-1)19(17-12-6-2-7-13-17)18-14-8-3-9-15-18;8*1-2;;;;;/h2*16-18H,1-15H2;;;;;;;;;2*1H;;;/q;;;;;;;;;;;;;;+2/p-2. The van der Waals surface area contributed by atoms with Gasteiger partial charge in [0.15, 0.2) is 0 Å². The molecule has 59 heavy (non-hydrogen) atoms. The fraction of sp³-hybridized carbons (Fsp3) is 0.818. The molecule has 6 aliphatic rings. The first kappa shape index (κ1) is 74.4. The normalized spacial score (nSPS) is 19.3. The van der Waals surface area contributed by atoms with Gasteiger partial charge in [0.25, 0.3) is 0 Å². The minimum Gasteiger partial charge on any atom is 0 e. The second-order valence-electron chi connectivity index (χ2n) is 14.7. The minimum atomic E-state index is -0.106. The van der Waals surface area contributed by atoms with Gasteiger partial charge in [-0.3, -0.25) is 0 Å². The molecule has 6 fully saturated rings. The summed E-state index contributed by atoms with van der Waals surface area (Å²) in [5.74, 6) is 0. The first-order chi connectivity index (χ1) is 28.3. The molecule has 6 saturated carbocycles. The van der Waals surface area contributed by atoms with Crippen LogP contribution in [0.2, 0.25) is 0 Å². The SMILES string of the molecule is C1CCC(P(C2CCCCC2)C2CCCCC2)CC1.C1CCC(P(C2CCCCC2)C2CCCCC2)CC1.[C-]#[O+].[C-]#[O+].[C-]#[O+].[C-]#[O+].[C-]#[O+].[C-]#[O+].[C-]#[O+].[C-]#[O+].[Cl][Pd][Cl].[Co].[Co]. The molecule has 0 spiro atoms. The minimum absolute atomic E-state index is 0. The Morgan fingerprint density at radius 3 is 0.424 bits per heavy atom. The van der Waals surface area contributed by atoms with E-state index in [-0.39, 0.29) is 49.5 Å². The molecule has 2 radical (unpaired) electrons. The van der Waals surface area contributed by atoms with Gasteiger partial charge < -0.3 is 0 Å². The van der Waals surface area contributed by atoms with E-state index < -0.39 is 0 Å². The zero-order valence-corrected chi connectivity index (χ0v) is 41.5. The van der Waals surface area contributed by atoms with E-state index in [9.17, 15) is 0 Å². The van der Waals surface area contributed by atoms with Gasteiger partial charge in [-0.15, -0.1) is 0 Å². The van der Waals surface area contributed by atoms with Crippen LogP contribution in [0.15, 0.2) is 0 Å². The summed E-state index contributed by atoms with van der Waals surface area (Å²) in [4.78, 5) is 0. The van der Waals surface area contributed by atoms with Crippen LogP contribution < -0.4 is 0 Å². The Balaban J connectivity index is -0.000000128. The van der Waals surface area contributed by atoms with E-state index in [0.717, 1.165) is 0 Å². The molecule has 0 aromatic rings. The van der Waals surface area contributed by atoms with E-state index in [2.05, 4.69) is 53.2 Å². The third kappa shape index (κ3) is 36.0. The van der Waals surface area contributed by atoms with Gasteiger partial charge in [0.05, 0.1) is 0 Å². The molecular formula is C44H66Cl2Co2O8P2Pd. The van der Waals surface area contributed by atoms with Crippen LogP contribution in [0.1, 0.15) is 193 Å². The van der Waals surface area contributed by atoms with Gasteiger partial charge in [0, 0.05) is 33.6 Å². The van der Waals surface area contributed by atoms with Crippen LogP contribution in [-0.4, -0.2) is 34.0 Å². The quantitative estimate of drug-likeness (QED) is 0.107. The summed E-state index contributed by atoms with van der Waals surface area (Å²) in [6, 6.07) is 0. The Morgan fingerprint density at radius 1 is 0.254 bits per heavy atom. The van der Waals surface area contributed by atoms with E-state index in [1.165, 1.54) is 72.5 Å². The molecule has 0 aromatic carbocycles. The van der Waals surface area contributed by atoms with Crippen LogP contribution in [0.25, 0.3) is 0 Å². The second kappa shape index (κ2) is 63.3. The zero-order chi connectivity index (χ0) is 44.5. The molecule has 0 aromatic heterocycles. The van der Waals surface area contributed by atoms with Gasteiger partial charge in [-0.2, -0.15) is 0 Å². The number of hydrogen-bond donors (Lipinski definition) is 0. The summed E-state index contributed by atoms with van der Waals surface area (Å²) in [6.45, 7) is 36.0. The maximum Gasteiger partial charge on any atom is 0 e. The summed E-state index contributed by atoms with van der Waals surface area (Å²) in [5, 5.41) is 0. The largest absolute Gasteiger partial charge is 0 e. The zero-order valence-electron chi connectivity index (χ0n) is 34.6. The molecule has 6 aliphatic carbocycles. The van der Waals surface area contributed by atoms with Crippen molar-refractivity contribution >= 4 is 34.9 Å². The Morgan fingerprint density at radius 2 is 0.339 bits per heavy atom. The van der Waals surface area contributed by atoms with Crippen molar-refractivity contribution in [1.29, 1.82) is 0 Å². The monoisotopic (exact) mass is 1080 g/mol. The van der Waals surface area contributed by atoms with Gasteiger partial charge in [0.1, 0.15) is 0 Å². The molecule has 0 atom stereocenters. The van der Waals surface area contributed by atoms with Crippen LogP contribution in [0.4, 0.5) is 0 Å². The van der Waals surface area contributed by atoms with E-state index in [4.69, 9.17) is 56.3 Å². The first-order valence-corrected chi connectivity index (χ1v) is 27.4. The van der Waals surface area contributed by atoms with Gasteiger partial charge in [-0.1, -0.05) is 131 Å². The van der Waals surface area contributed by atoms with Crippen molar-refractivity contribution in [2.75, 3.05) is 0 Å². The van der Waals surface area contributed by atoms with Crippen molar-refractivity contribution in [3.8, 4) is 0 Å². The molecule has 0 bridgehead atoms. The molecule has 0 amide bonds. The van der Waals surface area contributed by atoms with Crippen LogP contribution in [0.3, 0.4) is 0 Å². The Hall–Kier alpha value is 1.04. The van der Waals surface area contributed by atoms with E-state index in [1.807, 2.05) is 0 Å². The summed E-state index contributed by atoms with van der Waals surface area (Å²) < 4.78 is 60.0. The number of hydrogen-bond acceptors (Lipinski definition) is 0. The number of halogens is 2. The Labute approximate surface area is 398 Å². The van der Waals surface area contributed by atoms with Gasteiger partial charge in [0.2, 0.25) is 0 Å². The predicted molar refractivity (Wildman–Crippen MR) is 218 cm³/mol. The molecule has 0 unspecified atom stereocenters. The van der Waals surface area contributed by atoms with Gasteiger partial charge in [-0.25, -0.2) is 0 Å². The third-order valence-corrected chi connectivity index (χ3v) is 20.1. The summed E-state index contributed by atoms with van der Waals surface area (Å²) in [6.07, 6.45) is 47.2. The fourth-order valence-electron chi connectivity index (χ4n) is 10.1. The Kier molecular flexibility index (Phi) is 79.8. The van der Waals surface area contributed by atoms with Gasteiger partial charge >= 0.3 is 125 Å². The molecular weight excluding hydrogens is 1010 g/mol. The Bertz CT molecular complexity index is 787. The predicted octanol–water partition coefficient (Wildman–Crippen LogP) is 14.0. The van der Waals surface area contributed by atoms with Crippen molar-refractivity contribution in [2.24, 2.45) is 0 Å². The van der Waals surface area contributed by atoms with Crippen LogP contribution in [0.5, 0.6) is 0 Å². The fourth-order valence-corrected chi connectivity index (χ4v) is 19.4. The average molecular weight is 1080 g/mol. The molecule has 0 heterocycles. The molecule has 342 valence electrons. The van der Waals surface area contributed by atoms with Crippen LogP contribution >= 0.6 is 34.9 Å². The van der Waals surface area contributed by atoms with Crippen molar-refractivity contribution in [1.82, 2.24) is 0 Å². The molecule has 15 heteroatoms. The first-order valence-electron chi connectivity index (χ1n) is 20.3. The van der Waals surface area contributed by atoms with Crippen molar-refractivity contribution in [2.45, 2.75) is 227 Å². The maximum atomic E-state index is 7.50. The number of rotatable bonds is 6. The molecule has 0 N–H and O–H groups in total. The summed E-state index contributed by atoms with van der Waals surface area (Å²) >= 11 is -0.106. The second-order valence-corrected chi connectivity index (χ2v) is 23.2. The average Bonchev–Trinajstić information content (AvgIpc) is 3.34. The third-order valence-electron chi connectivity index (χ3n) is 12.0.